The van der Waals surface area contributed by atoms with E-state index in [1.165, 1.54) is 13.2 Å². The summed E-state index contributed by atoms with van der Waals surface area (Å²) in [7, 11) is 1.48. The molecule has 0 aromatic heterocycles. The number of hydrogen-bond acceptors (Lipinski definition) is 3. The summed E-state index contributed by atoms with van der Waals surface area (Å²) in [5.41, 5.74) is 0.567. The third kappa shape index (κ3) is 4.70. The lowest BCUT2D eigenvalue weighted by molar-refractivity contribution is -0.167. The molecule has 7 heteroatoms. The van der Waals surface area contributed by atoms with Crippen molar-refractivity contribution in [1.82, 2.24) is 0 Å². The lowest BCUT2D eigenvalue weighted by Gasteiger charge is -2.12. The van der Waals surface area contributed by atoms with Crippen LogP contribution in [0.15, 0.2) is 30.3 Å². The first kappa shape index (κ1) is 16.9. The molecule has 114 valence electrons. The maximum atomic E-state index is 12.7. The van der Waals surface area contributed by atoms with E-state index in [1.807, 2.05) is 0 Å². The fourth-order valence-electron chi connectivity index (χ4n) is 1.36. The molecule has 0 aliphatic carbocycles. The largest absolute Gasteiger partial charge is 0.497 e. The molecule has 1 aromatic carbocycles. The Kier molecular flexibility index (Phi) is 5.63. The molecule has 0 spiro atoms. The third-order valence-corrected chi connectivity index (χ3v) is 2.56. The summed E-state index contributed by atoms with van der Waals surface area (Å²) in [6.45, 7) is 0. The van der Waals surface area contributed by atoms with Crippen LogP contribution in [-0.4, -0.2) is 31.0 Å². The maximum Gasteiger partial charge on any atom is 0.364 e. The molecule has 0 unspecified atom stereocenters. The van der Waals surface area contributed by atoms with Gasteiger partial charge in [-0.1, -0.05) is 18.2 Å². The Morgan fingerprint density at radius 2 is 1.81 bits per heavy atom. The summed E-state index contributed by atoms with van der Waals surface area (Å²) >= 11 is 0. The molecule has 0 saturated heterocycles. The van der Waals surface area contributed by atoms with Crippen LogP contribution in [0, 0.1) is 0 Å². The first-order valence-electron chi connectivity index (χ1n) is 5.81. The minimum absolute atomic E-state index is 0.567. The molecule has 0 radical (unpaired) electrons. The quantitative estimate of drug-likeness (QED) is 0.441. The number of ketones is 2. The second-order valence-corrected chi connectivity index (χ2v) is 4.10. The van der Waals surface area contributed by atoms with Gasteiger partial charge in [-0.05, 0) is 23.8 Å². The lowest BCUT2D eigenvalue weighted by atomic mass is 10.1. The molecule has 0 atom stereocenters. The van der Waals surface area contributed by atoms with Crippen LogP contribution in [-0.2, 0) is 9.59 Å². The SMILES string of the molecule is COc1ccc(C=CC(=O)CC(=O)C(F)(F)C(F)F)cc1. The average Bonchev–Trinajstić information content (AvgIpc) is 2.45. The molecule has 0 amide bonds. The fourth-order valence-corrected chi connectivity index (χ4v) is 1.36. The van der Waals surface area contributed by atoms with Crippen LogP contribution in [0.1, 0.15) is 12.0 Å². The number of Topliss-reactive ketones (excluding diaryl/α,β-unsaturated/α-hetero) is 1. The van der Waals surface area contributed by atoms with E-state index in [4.69, 9.17) is 4.74 Å². The van der Waals surface area contributed by atoms with E-state index in [9.17, 15) is 27.2 Å². The highest BCUT2D eigenvalue weighted by Crippen LogP contribution is 2.25. The van der Waals surface area contributed by atoms with Crippen LogP contribution in [0.25, 0.3) is 6.08 Å². The summed E-state index contributed by atoms with van der Waals surface area (Å²) in [6.07, 6.45) is -3.22. The Morgan fingerprint density at radius 3 is 2.29 bits per heavy atom. The number of methoxy groups -OCH3 is 1. The standard InChI is InChI=1S/C14H12F4O3/c1-21-11-6-3-9(4-7-11)2-5-10(19)8-12(20)14(17,18)13(15)16/h2-7,13H,8H2,1H3. The Balaban J connectivity index is 2.64. The minimum Gasteiger partial charge on any atom is -0.497 e. The summed E-state index contributed by atoms with van der Waals surface area (Å²) < 4.78 is 54.1. The van der Waals surface area contributed by atoms with Crippen molar-refractivity contribution in [2.24, 2.45) is 0 Å². The van der Waals surface area contributed by atoms with Gasteiger partial charge in [-0.3, -0.25) is 9.59 Å². The average molecular weight is 304 g/mol. The van der Waals surface area contributed by atoms with Gasteiger partial charge in [0.15, 0.2) is 5.78 Å². The van der Waals surface area contributed by atoms with Gasteiger partial charge < -0.3 is 4.74 Å². The van der Waals surface area contributed by atoms with Crippen LogP contribution < -0.4 is 4.74 Å². The Morgan fingerprint density at radius 1 is 1.24 bits per heavy atom. The number of carbonyl (C=O) groups excluding carboxylic acids is 2. The number of halogens is 4. The highest BCUT2D eigenvalue weighted by Gasteiger charge is 2.48. The molecule has 0 heterocycles. The van der Waals surface area contributed by atoms with Gasteiger partial charge in [-0.25, -0.2) is 8.78 Å². The number of carbonyl (C=O) groups is 2. The highest BCUT2D eigenvalue weighted by atomic mass is 19.3. The number of benzene rings is 1. The van der Waals surface area contributed by atoms with Crippen molar-refractivity contribution >= 4 is 17.6 Å². The Bertz CT molecular complexity index is 536. The van der Waals surface area contributed by atoms with Crippen molar-refractivity contribution < 1.29 is 31.9 Å². The van der Waals surface area contributed by atoms with Crippen molar-refractivity contribution in [3.05, 3.63) is 35.9 Å². The normalized spacial score (nSPS) is 11.9. The molecular formula is C14H12F4O3. The molecule has 0 saturated carbocycles. The van der Waals surface area contributed by atoms with Crippen LogP contribution in [0.2, 0.25) is 0 Å². The van der Waals surface area contributed by atoms with Crippen molar-refractivity contribution in [3.8, 4) is 5.75 Å². The number of rotatable bonds is 7. The Hall–Kier alpha value is -2.18. The zero-order valence-corrected chi connectivity index (χ0v) is 11.0. The molecule has 1 aromatic rings. The molecule has 21 heavy (non-hydrogen) atoms. The smallest absolute Gasteiger partial charge is 0.364 e. The first-order chi connectivity index (χ1) is 9.77. The second kappa shape index (κ2) is 7.01. The van der Waals surface area contributed by atoms with E-state index in [1.54, 1.807) is 24.3 Å². The van der Waals surface area contributed by atoms with Crippen LogP contribution in [0.5, 0.6) is 5.75 Å². The summed E-state index contributed by atoms with van der Waals surface area (Å²) in [6, 6.07) is 6.41. The predicted octanol–water partition coefficient (Wildman–Crippen LogP) is 3.14. The molecule has 0 aliphatic heterocycles. The van der Waals surface area contributed by atoms with E-state index in [0.29, 0.717) is 11.3 Å². The first-order valence-corrected chi connectivity index (χ1v) is 5.81. The van der Waals surface area contributed by atoms with Gasteiger partial charge in [-0.15, -0.1) is 0 Å². The van der Waals surface area contributed by atoms with Gasteiger partial charge in [-0.2, -0.15) is 8.78 Å². The Labute approximate surface area is 118 Å². The van der Waals surface area contributed by atoms with Gasteiger partial charge >= 0.3 is 12.3 Å². The molecule has 3 nitrogen and oxygen atoms in total. The van der Waals surface area contributed by atoms with E-state index < -0.39 is 30.3 Å². The number of allylic oxidation sites excluding steroid dienone is 1. The minimum atomic E-state index is -4.80. The van der Waals surface area contributed by atoms with Crippen LogP contribution >= 0.6 is 0 Å². The van der Waals surface area contributed by atoms with Crippen molar-refractivity contribution in [2.75, 3.05) is 7.11 Å². The van der Waals surface area contributed by atoms with Gasteiger partial charge in [0, 0.05) is 0 Å². The molecule has 1 rings (SSSR count). The predicted molar refractivity (Wildman–Crippen MR) is 67.6 cm³/mol. The van der Waals surface area contributed by atoms with E-state index in [-0.39, 0.29) is 0 Å². The second-order valence-electron chi connectivity index (χ2n) is 4.10. The number of hydrogen-bond donors (Lipinski definition) is 0. The van der Waals surface area contributed by atoms with Gasteiger partial charge in [0.1, 0.15) is 5.75 Å². The topological polar surface area (TPSA) is 43.4 Å². The molecular weight excluding hydrogens is 292 g/mol. The monoisotopic (exact) mass is 304 g/mol. The van der Waals surface area contributed by atoms with Gasteiger partial charge in [0.25, 0.3) is 0 Å². The molecule has 0 bridgehead atoms. The van der Waals surface area contributed by atoms with Crippen molar-refractivity contribution in [1.29, 1.82) is 0 Å². The zero-order valence-electron chi connectivity index (χ0n) is 11.0. The van der Waals surface area contributed by atoms with E-state index in [2.05, 4.69) is 0 Å². The van der Waals surface area contributed by atoms with Crippen LogP contribution in [0.4, 0.5) is 17.6 Å². The summed E-state index contributed by atoms with van der Waals surface area (Å²) in [4.78, 5) is 22.2. The van der Waals surface area contributed by atoms with Crippen LogP contribution in [0.3, 0.4) is 0 Å². The summed E-state index contributed by atoms with van der Waals surface area (Å²) in [5.74, 6) is -7.29. The fraction of sp³-hybridized carbons (Fsp3) is 0.286. The highest BCUT2D eigenvalue weighted by molar-refractivity contribution is 6.08. The summed E-state index contributed by atoms with van der Waals surface area (Å²) in [5, 5.41) is 0. The molecule has 0 fully saturated rings. The molecule has 0 aliphatic rings. The van der Waals surface area contributed by atoms with Gasteiger partial charge in [0.2, 0.25) is 5.78 Å². The zero-order chi connectivity index (χ0) is 16.0. The van der Waals surface area contributed by atoms with E-state index >= 15 is 0 Å². The molecule has 0 N–H and O–H groups in total. The third-order valence-electron chi connectivity index (χ3n) is 2.56. The van der Waals surface area contributed by atoms with E-state index in [0.717, 1.165) is 6.08 Å². The van der Waals surface area contributed by atoms with Crippen molar-refractivity contribution in [3.63, 3.8) is 0 Å². The number of ether oxygens (including phenoxy) is 1. The maximum absolute atomic E-state index is 12.7. The number of alkyl halides is 4. The lowest BCUT2D eigenvalue weighted by Crippen LogP contribution is -2.37. The van der Waals surface area contributed by atoms with Gasteiger partial charge in [0.05, 0.1) is 13.5 Å². The van der Waals surface area contributed by atoms with Crippen molar-refractivity contribution in [2.45, 2.75) is 18.8 Å².